The van der Waals surface area contributed by atoms with Gasteiger partial charge in [0.2, 0.25) is 0 Å². The molecule has 0 unspecified atom stereocenters. The molecule has 5 nitrogen and oxygen atoms in total. The van der Waals surface area contributed by atoms with Gasteiger partial charge in [0, 0.05) is 6.42 Å². The van der Waals surface area contributed by atoms with Gasteiger partial charge in [-0.15, -0.1) is 0 Å². The van der Waals surface area contributed by atoms with Crippen LogP contribution in [0.25, 0.3) is 0 Å². The highest BCUT2D eigenvalue weighted by Gasteiger charge is 2.17. The van der Waals surface area contributed by atoms with Crippen molar-refractivity contribution in [2.75, 3.05) is 12.4 Å². The largest absolute Gasteiger partial charge is 0.495 e. The van der Waals surface area contributed by atoms with Gasteiger partial charge in [-0.25, -0.2) is 4.79 Å². The third kappa shape index (κ3) is 5.30. The average Bonchev–Trinajstić information content (AvgIpc) is 2.27. The first kappa shape index (κ1) is 16.0. The Bertz CT molecular complexity index is 503. The molecule has 0 saturated carbocycles. The Labute approximate surface area is 119 Å². The van der Waals surface area contributed by atoms with Crippen molar-refractivity contribution in [3.05, 3.63) is 23.8 Å². The van der Waals surface area contributed by atoms with Gasteiger partial charge in [-0.3, -0.25) is 10.1 Å². The molecular weight excluding hydrogens is 258 g/mol. The predicted molar refractivity (Wildman–Crippen MR) is 77.2 cm³/mol. The number of Topliss-reactive ketones (excluding diaryl/α,β-unsaturated/α-hetero) is 1. The number of nitrogens with one attached hydrogen (secondary N) is 1. The number of anilines is 1. The van der Waals surface area contributed by atoms with E-state index >= 15 is 0 Å². The van der Waals surface area contributed by atoms with Crippen LogP contribution < -0.4 is 10.1 Å². The average molecular weight is 279 g/mol. The van der Waals surface area contributed by atoms with Gasteiger partial charge in [0.1, 0.15) is 17.1 Å². The topological polar surface area (TPSA) is 64.6 Å². The minimum absolute atomic E-state index is 0.0694. The summed E-state index contributed by atoms with van der Waals surface area (Å²) in [5, 5.41) is 2.63. The maximum absolute atomic E-state index is 11.7. The first-order valence-electron chi connectivity index (χ1n) is 6.37. The van der Waals surface area contributed by atoms with Gasteiger partial charge in [-0.1, -0.05) is 6.07 Å². The SMILES string of the molecule is COc1cc(CC(C)=O)ccc1NC(=O)OC(C)(C)C. The molecule has 0 spiro atoms. The Morgan fingerprint density at radius 3 is 2.40 bits per heavy atom. The van der Waals surface area contributed by atoms with E-state index in [0.29, 0.717) is 17.9 Å². The van der Waals surface area contributed by atoms with Gasteiger partial charge in [-0.2, -0.15) is 0 Å². The molecule has 0 radical (unpaired) electrons. The quantitative estimate of drug-likeness (QED) is 0.919. The van der Waals surface area contributed by atoms with Crippen LogP contribution in [0.15, 0.2) is 18.2 Å². The molecule has 0 heterocycles. The second-order valence-electron chi connectivity index (χ2n) is 5.54. The van der Waals surface area contributed by atoms with E-state index < -0.39 is 11.7 Å². The molecule has 110 valence electrons. The molecule has 0 aliphatic rings. The number of ketones is 1. The van der Waals surface area contributed by atoms with Crippen LogP contribution in [0.2, 0.25) is 0 Å². The van der Waals surface area contributed by atoms with Crippen molar-refractivity contribution >= 4 is 17.6 Å². The number of carbonyl (C=O) groups excluding carboxylic acids is 2. The van der Waals surface area contributed by atoms with Crippen LogP contribution in [-0.2, 0) is 16.0 Å². The van der Waals surface area contributed by atoms with Crippen LogP contribution in [-0.4, -0.2) is 24.6 Å². The lowest BCUT2D eigenvalue weighted by atomic mass is 10.1. The van der Waals surface area contributed by atoms with Gasteiger partial charge in [0.15, 0.2) is 0 Å². The van der Waals surface area contributed by atoms with E-state index in [1.165, 1.54) is 14.0 Å². The lowest BCUT2D eigenvalue weighted by Crippen LogP contribution is -2.27. The zero-order valence-corrected chi connectivity index (χ0v) is 12.6. The van der Waals surface area contributed by atoms with Crippen molar-refractivity contribution in [2.24, 2.45) is 0 Å². The molecule has 0 aromatic heterocycles. The molecule has 0 fully saturated rings. The Morgan fingerprint density at radius 1 is 1.25 bits per heavy atom. The molecule has 1 N–H and O–H groups in total. The summed E-state index contributed by atoms with van der Waals surface area (Å²) in [6.45, 7) is 6.90. The first-order chi connectivity index (χ1) is 9.21. The smallest absolute Gasteiger partial charge is 0.412 e. The van der Waals surface area contributed by atoms with E-state index in [-0.39, 0.29) is 5.78 Å². The summed E-state index contributed by atoms with van der Waals surface area (Å²) < 4.78 is 10.4. The molecule has 1 aromatic carbocycles. The number of ether oxygens (including phenoxy) is 2. The minimum Gasteiger partial charge on any atom is -0.495 e. The van der Waals surface area contributed by atoms with Crippen LogP contribution in [0.5, 0.6) is 5.75 Å². The summed E-state index contributed by atoms with van der Waals surface area (Å²) >= 11 is 0. The third-order valence-electron chi connectivity index (χ3n) is 2.35. The molecule has 0 saturated heterocycles. The molecule has 20 heavy (non-hydrogen) atoms. The zero-order chi connectivity index (χ0) is 15.3. The highest BCUT2D eigenvalue weighted by Crippen LogP contribution is 2.26. The molecule has 0 bridgehead atoms. The van der Waals surface area contributed by atoms with Gasteiger partial charge < -0.3 is 9.47 Å². The van der Waals surface area contributed by atoms with Gasteiger partial charge in [0.05, 0.1) is 12.8 Å². The molecule has 1 rings (SSSR count). The van der Waals surface area contributed by atoms with Crippen LogP contribution in [0.4, 0.5) is 10.5 Å². The summed E-state index contributed by atoms with van der Waals surface area (Å²) in [5.74, 6) is 0.564. The highest BCUT2D eigenvalue weighted by molar-refractivity contribution is 5.87. The molecule has 1 amide bonds. The monoisotopic (exact) mass is 279 g/mol. The fraction of sp³-hybridized carbons (Fsp3) is 0.467. The van der Waals surface area contributed by atoms with Gasteiger partial charge in [-0.05, 0) is 45.4 Å². The summed E-state index contributed by atoms with van der Waals surface area (Å²) in [6, 6.07) is 5.20. The molecule has 0 aliphatic heterocycles. The summed E-state index contributed by atoms with van der Waals surface area (Å²) in [5.41, 5.74) is 0.782. The number of hydrogen-bond donors (Lipinski definition) is 1. The van der Waals surface area contributed by atoms with E-state index in [4.69, 9.17) is 9.47 Å². The fourth-order valence-corrected chi connectivity index (χ4v) is 1.65. The van der Waals surface area contributed by atoms with Crippen molar-refractivity contribution in [2.45, 2.75) is 39.7 Å². The number of hydrogen-bond acceptors (Lipinski definition) is 4. The van der Waals surface area contributed by atoms with Crippen molar-refractivity contribution in [3.63, 3.8) is 0 Å². The molecule has 0 atom stereocenters. The minimum atomic E-state index is -0.564. The van der Waals surface area contributed by atoms with Gasteiger partial charge >= 0.3 is 6.09 Å². The van der Waals surface area contributed by atoms with Crippen LogP contribution in [0.1, 0.15) is 33.3 Å². The molecular formula is C15H21NO4. The van der Waals surface area contributed by atoms with E-state index in [1.807, 2.05) is 0 Å². The van der Waals surface area contributed by atoms with Crippen molar-refractivity contribution < 1.29 is 19.1 Å². The Hall–Kier alpha value is -2.04. The van der Waals surface area contributed by atoms with Crippen LogP contribution >= 0.6 is 0 Å². The second kappa shape index (κ2) is 6.41. The number of amides is 1. The molecule has 1 aromatic rings. The van der Waals surface area contributed by atoms with Gasteiger partial charge in [0.25, 0.3) is 0 Å². The maximum Gasteiger partial charge on any atom is 0.412 e. The summed E-state index contributed by atoms with van der Waals surface area (Å²) in [4.78, 5) is 22.8. The fourth-order valence-electron chi connectivity index (χ4n) is 1.65. The Balaban J connectivity index is 2.85. The maximum atomic E-state index is 11.7. The standard InChI is InChI=1S/C15H21NO4/c1-10(17)8-11-6-7-12(13(9-11)19-5)16-14(18)20-15(2,3)4/h6-7,9H,8H2,1-5H3,(H,16,18). The van der Waals surface area contributed by atoms with E-state index in [0.717, 1.165) is 5.56 Å². The number of rotatable bonds is 4. The van der Waals surface area contributed by atoms with E-state index in [9.17, 15) is 9.59 Å². The normalized spacial score (nSPS) is 10.8. The number of methoxy groups -OCH3 is 1. The van der Waals surface area contributed by atoms with Crippen LogP contribution in [0, 0.1) is 0 Å². The van der Waals surface area contributed by atoms with E-state index in [2.05, 4.69) is 5.32 Å². The zero-order valence-electron chi connectivity index (χ0n) is 12.6. The first-order valence-corrected chi connectivity index (χ1v) is 6.37. The van der Waals surface area contributed by atoms with E-state index in [1.54, 1.807) is 39.0 Å². The lowest BCUT2D eigenvalue weighted by Gasteiger charge is -2.20. The number of carbonyl (C=O) groups is 2. The van der Waals surface area contributed by atoms with Crippen molar-refractivity contribution in [3.8, 4) is 5.75 Å². The second-order valence-corrected chi connectivity index (χ2v) is 5.54. The molecule has 5 heteroatoms. The predicted octanol–water partition coefficient (Wildman–Crippen LogP) is 3.17. The van der Waals surface area contributed by atoms with Crippen molar-refractivity contribution in [1.82, 2.24) is 0 Å². The van der Waals surface area contributed by atoms with Crippen molar-refractivity contribution in [1.29, 1.82) is 0 Å². The summed E-state index contributed by atoms with van der Waals surface area (Å²) in [6.07, 6.45) is -0.210. The lowest BCUT2D eigenvalue weighted by molar-refractivity contribution is -0.116. The Kier molecular flexibility index (Phi) is 5.13. The highest BCUT2D eigenvalue weighted by atomic mass is 16.6. The molecule has 0 aliphatic carbocycles. The third-order valence-corrected chi connectivity index (χ3v) is 2.35. The van der Waals surface area contributed by atoms with Crippen LogP contribution in [0.3, 0.4) is 0 Å². The Morgan fingerprint density at radius 2 is 1.90 bits per heavy atom. The summed E-state index contributed by atoms with van der Waals surface area (Å²) in [7, 11) is 1.51. The number of benzene rings is 1.